The van der Waals surface area contributed by atoms with E-state index in [9.17, 15) is 14.4 Å². The van der Waals surface area contributed by atoms with E-state index in [-0.39, 0.29) is 5.78 Å². The number of fused-ring (bicyclic) bond motifs is 1. The van der Waals surface area contributed by atoms with E-state index < -0.39 is 11.9 Å². The summed E-state index contributed by atoms with van der Waals surface area (Å²) < 4.78 is 16.2. The summed E-state index contributed by atoms with van der Waals surface area (Å²) in [6.07, 6.45) is 7.28. The topological polar surface area (TPSA) is 78.9 Å². The Morgan fingerprint density at radius 3 is 2.21 bits per heavy atom. The predicted molar refractivity (Wildman–Crippen MR) is 145 cm³/mol. The van der Waals surface area contributed by atoms with E-state index >= 15 is 0 Å². The zero-order chi connectivity index (χ0) is 26.7. The van der Waals surface area contributed by atoms with Crippen molar-refractivity contribution in [2.24, 2.45) is 0 Å². The van der Waals surface area contributed by atoms with Crippen molar-refractivity contribution in [2.45, 2.75) is 32.1 Å². The van der Waals surface area contributed by atoms with Crippen LogP contribution in [0, 0.1) is 0 Å². The predicted octanol–water partition coefficient (Wildman–Crippen LogP) is 6.40. The molecule has 0 spiro atoms. The standard InChI is InChI=1S/C32H30O6/c1-2-30(33)37-20-8-4-3-7-19-36-27-17-13-24(14-18-27)32(35)38-28-15-11-23(12-16-28)21-26-22-25-9-5-6-10-29(25)31(26)34/h2,5-6,9-18,21H,1,3-4,7-8,19-20,22H2/b26-21-. The van der Waals surface area contributed by atoms with Gasteiger partial charge in [-0.3, -0.25) is 4.79 Å². The van der Waals surface area contributed by atoms with Crippen LogP contribution in [0.4, 0.5) is 0 Å². The zero-order valence-electron chi connectivity index (χ0n) is 21.2. The van der Waals surface area contributed by atoms with Gasteiger partial charge < -0.3 is 14.2 Å². The molecule has 6 nitrogen and oxygen atoms in total. The van der Waals surface area contributed by atoms with Gasteiger partial charge in [0, 0.05) is 23.6 Å². The molecule has 4 rings (SSSR count). The highest BCUT2D eigenvalue weighted by molar-refractivity contribution is 6.15. The molecule has 38 heavy (non-hydrogen) atoms. The maximum atomic E-state index is 12.6. The Labute approximate surface area is 222 Å². The molecule has 1 aliphatic carbocycles. The van der Waals surface area contributed by atoms with Crippen molar-refractivity contribution in [1.82, 2.24) is 0 Å². The van der Waals surface area contributed by atoms with Gasteiger partial charge in [0.25, 0.3) is 0 Å². The minimum absolute atomic E-state index is 0.0623. The quantitative estimate of drug-likeness (QED) is 0.121. The molecule has 3 aromatic rings. The maximum absolute atomic E-state index is 12.6. The van der Waals surface area contributed by atoms with Gasteiger partial charge in [0.15, 0.2) is 5.78 Å². The van der Waals surface area contributed by atoms with Gasteiger partial charge in [-0.05, 0) is 79.3 Å². The Balaban J connectivity index is 1.20. The summed E-state index contributed by atoms with van der Waals surface area (Å²) >= 11 is 0. The van der Waals surface area contributed by atoms with Crippen LogP contribution >= 0.6 is 0 Å². The van der Waals surface area contributed by atoms with Gasteiger partial charge in [-0.2, -0.15) is 0 Å². The van der Waals surface area contributed by atoms with Crippen molar-refractivity contribution in [3.63, 3.8) is 0 Å². The number of esters is 2. The van der Waals surface area contributed by atoms with Crippen molar-refractivity contribution in [3.05, 3.63) is 113 Å². The summed E-state index contributed by atoms with van der Waals surface area (Å²) in [6.45, 7) is 4.33. The van der Waals surface area contributed by atoms with Gasteiger partial charge in [0.2, 0.25) is 0 Å². The van der Waals surface area contributed by atoms with Crippen LogP contribution < -0.4 is 9.47 Å². The van der Waals surface area contributed by atoms with Crippen molar-refractivity contribution in [1.29, 1.82) is 0 Å². The number of carbonyl (C=O) groups excluding carboxylic acids is 3. The molecule has 0 saturated heterocycles. The molecule has 0 aromatic heterocycles. The van der Waals surface area contributed by atoms with Gasteiger partial charge in [-0.15, -0.1) is 0 Å². The van der Waals surface area contributed by atoms with E-state index in [1.165, 1.54) is 0 Å². The lowest BCUT2D eigenvalue weighted by molar-refractivity contribution is -0.137. The summed E-state index contributed by atoms with van der Waals surface area (Å²) in [6, 6.07) is 21.6. The Morgan fingerprint density at radius 1 is 0.816 bits per heavy atom. The van der Waals surface area contributed by atoms with E-state index in [1.54, 1.807) is 36.4 Å². The number of hydrogen-bond acceptors (Lipinski definition) is 6. The third-order valence-electron chi connectivity index (χ3n) is 6.17. The number of allylic oxidation sites excluding steroid dienone is 1. The van der Waals surface area contributed by atoms with Gasteiger partial charge in [0.1, 0.15) is 11.5 Å². The molecule has 0 unspecified atom stereocenters. The Hall–Kier alpha value is -4.45. The number of ether oxygens (including phenoxy) is 3. The summed E-state index contributed by atoms with van der Waals surface area (Å²) in [5.74, 6) is 0.324. The fraction of sp³-hybridized carbons (Fsp3) is 0.219. The average Bonchev–Trinajstić information content (AvgIpc) is 3.26. The van der Waals surface area contributed by atoms with Crippen molar-refractivity contribution < 1.29 is 28.6 Å². The van der Waals surface area contributed by atoms with Crippen molar-refractivity contribution in [3.8, 4) is 11.5 Å². The number of hydrogen-bond donors (Lipinski definition) is 0. The molecule has 6 heteroatoms. The molecular formula is C32H30O6. The first kappa shape index (κ1) is 26.6. The first-order chi connectivity index (χ1) is 18.5. The minimum Gasteiger partial charge on any atom is -0.494 e. The van der Waals surface area contributed by atoms with Crippen LogP contribution in [0.15, 0.2) is 91.0 Å². The Kier molecular flexibility index (Phi) is 9.24. The molecule has 0 bridgehead atoms. The second kappa shape index (κ2) is 13.2. The van der Waals surface area contributed by atoms with E-state index in [1.807, 2.05) is 42.5 Å². The van der Waals surface area contributed by atoms with E-state index in [0.29, 0.717) is 36.7 Å². The van der Waals surface area contributed by atoms with Gasteiger partial charge in [0.05, 0.1) is 18.8 Å². The largest absolute Gasteiger partial charge is 0.494 e. The molecule has 3 aromatic carbocycles. The lowest BCUT2D eigenvalue weighted by atomic mass is 10.1. The minimum atomic E-state index is -0.457. The van der Waals surface area contributed by atoms with Gasteiger partial charge in [-0.25, -0.2) is 9.59 Å². The molecule has 1 aliphatic rings. The van der Waals surface area contributed by atoms with Crippen LogP contribution in [0.3, 0.4) is 0 Å². The van der Waals surface area contributed by atoms with Gasteiger partial charge in [-0.1, -0.05) is 43.0 Å². The first-order valence-corrected chi connectivity index (χ1v) is 12.7. The molecular weight excluding hydrogens is 480 g/mol. The summed E-state index contributed by atoms with van der Waals surface area (Å²) in [7, 11) is 0. The highest BCUT2D eigenvalue weighted by atomic mass is 16.5. The number of ketones is 1. The SMILES string of the molecule is C=CC(=O)OCCCCCCOc1ccc(C(=O)Oc2ccc(/C=C3/Cc4ccccc4C3=O)cc2)cc1. The summed E-state index contributed by atoms with van der Waals surface area (Å²) in [5, 5.41) is 0. The molecule has 0 atom stereocenters. The third kappa shape index (κ3) is 7.29. The molecule has 194 valence electrons. The van der Waals surface area contributed by atoms with E-state index in [2.05, 4.69) is 6.58 Å². The highest BCUT2D eigenvalue weighted by Gasteiger charge is 2.23. The van der Waals surface area contributed by atoms with Crippen LogP contribution in [-0.4, -0.2) is 30.9 Å². The first-order valence-electron chi connectivity index (χ1n) is 12.7. The van der Waals surface area contributed by atoms with Crippen LogP contribution in [0.25, 0.3) is 6.08 Å². The fourth-order valence-electron chi connectivity index (χ4n) is 4.14. The molecule has 0 amide bonds. The number of unbranched alkanes of at least 4 members (excludes halogenated alkanes) is 3. The van der Waals surface area contributed by atoms with Crippen LogP contribution in [0.5, 0.6) is 11.5 Å². The van der Waals surface area contributed by atoms with Crippen LogP contribution in [0.2, 0.25) is 0 Å². The maximum Gasteiger partial charge on any atom is 0.343 e. The summed E-state index contributed by atoms with van der Waals surface area (Å²) in [5.41, 5.74) is 3.86. The van der Waals surface area contributed by atoms with Crippen molar-refractivity contribution in [2.75, 3.05) is 13.2 Å². The Morgan fingerprint density at radius 2 is 1.50 bits per heavy atom. The van der Waals surface area contributed by atoms with Crippen LogP contribution in [0.1, 0.15) is 57.5 Å². The molecule has 0 aliphatic heterocycles. The van der Waals surface area contributed by atoms with Gasteiger partial charge >= 0.3 is 11.9 Å². The molecule has 0 fully saturated rings. The number of carbonyl (C=O) groups is 3. The van der Waals surface area contributed by atoms with Crippen LogP contribution in [-0.2, 0) is 16.0 Å². The number of benzene rings is 3. The molecule has 0 radical (unpaired) electrons. The van der Waals surface area contributed by atoms with E-state index in [0.717, 1.165) is 54.0 Å². The molecule has 0 heterocycles. The second-order valence-corrected chi connectivity index (χ2v) is 8.95. The van der Waals surface area contributed by atoms with E-state index in [4.69, 9.17) is 14.2 Å². The fourth-order valence-corrected chi connectivity index (χ4v) is 4.14. The lowest BCUT2D eigenvalue weighted by Gasteiger charge is -2.08. The molecule has 0 N–H and O–H groups in total. The average molecular weight is 511 g/mol. The number of Topliss-reactive ketones (excluding diaryl/α,β-unsaturated/α-hetero) is 1. The highest BCUT2D eigenvalue weighted by Crippen LogP contribution is 2.28. The Bertz CT molecular complexity index is 1320. The second-order valence-electron chi connectivity index (χ2n) is 8.95. The summed E-state index contributed by atoms with van der Waals surface area (Å²) in [4.78, 5) is 36.1. The third-order valence-corrected chi connectivity index (χ3v) is 6.17. The molecule has 0 saturated carbocycles. The zero-order valence-corrected chi connectivity index (χ0v) is 21.2. The smallest absolute Gasteiger partial charge is 0.343 e. The monoisotopic (exact) mass is 510 g/mol. The normalized spacial score (nSPS) is 13.2. The number of rotatable bonds is 12. The van der Waals surface area contributed by atoms with Crippen molar-refractivity contribution >= 4 is 23.8 Å². The lowest BCUT2D eigenvalue weighted by Crippen LogP contribution is -2.08.